The minimum atomic E-state index is -0.760. The summed E-state index contributed by atoms with van der Waals surface area (Å²) in [6, 6.07) is 6.71. The van der Waals surface area contributed by atoms with Gasteiger partial charge in [0.05, 0.1) is 12.1 Å². The van der Waals surface area contributed by atoms with Crippen LogP contribution in [0.5, 0.6) is 0 Å². The molecular weight excluding hydrogens is 164 g/mol. The first-order valence-electron chi connectivity index (χ1n) is 4.07. The number of hydrogen-bond acceptors (Lipinski definition) is 3. The number of para-hydroxylation sites is 1. The van der Waals surface area contributed by atoms with Crippen molar-refractivity contribution in [3.8, 4) is 0 Å². The topological polar surface area (TPSA) is 72.3 Å². The molecule has 3 nitrogen and oxygen atoms in total. The third-order valence-electron chi connectivity index (χ3n) is 1.96. The summed E-state index contributed by atoms with van der Waals surface area (Å²) in [6.07, 6.45) is 0.640. The fraction of sp³-hybridized carbons (Fsp3) is 0.200. The molecule has 0 saturated heterocycles. The maximum Gasteiger partial charge on any atom is 0.0911 e. The van der Waals surface area contributed by atoms with Gasteiger partial charge in [0.1, 0.15) is 0 Å². The Morgan fingerprint density at radius 1 is 1.38 bits per heavy atom. The van der Waals surface area contributed by atoms with E-state index in [1.165, 1.54) is 6.08 Å². The van der Waals surface area contributed by atoms with Gasteiger partial charge in [0.2, 0.25) is 0 Å². The highest BCUT2D eigenvalue weighted by Crippen LogP contribution is 2.20. The van der Waals surface area contributed by atoms with Crippen LogP contribution in [-0.2, 0) is 0 Å². The molecule has 1 rings (SSSR count). The highest BCUT2D eigenvalue weighted by Gasteiger charge is 2.15. The molecule has 0 saturated carbocycles. The number of nitrogens with two attached hydrogens (primary N) is 2. The molecular formula is C10H14N2O. The smallest absolute Gasteiger partial charge is 0.0911 e. The highest BCUT2D eigenvalue weighted by atomic mass is 16.3. The molecule has 1 aromatic carbocycles. The molecule has 0 fully saturated rings. The zero-order valence-electron chi connectivity index (χ0n) is 7.35. The summed E-state index contributed by atoms with van der Waals surface area (Å²) in [6.45, 7) is 3.47. The highest BCUT2D eigenvalue weighted by molar-refractivity contribution is 5.48. The summed E-state index contributed by atoms with van der Waals surface area (Å²) in [5.41, 5.74) is 12.8. The van der Waals surface area contributed by atoms with Gasteiger partial charge in [-0.2, -0.15) is 0 Å². The number of nitrogen functional groups attached to an aromatic ring is 1. The van der Waals surface area contributed by atoms with Crippen LogP contribution in [-0.4, -0.2) is 11.2 Å². The van der Waals surface area contributed by atoms with Crippen LogP contribution in [0.4, 0.5) is 5.69 Å². The second-order valence-corrected chi connectivity index (χ2v) is 2.88. The second-order valence-electron chi connectivity index (χ2n) is 2.88. The Morgan fingerprint density at radius 2 is 2.00 bits per heavy atom. The Hall–Kier alpha value is -1.32. The second kappa shape index (κ2) is 4.07. The minimum absolute atomic E-state index is 0.501. The fourth-order valence-corrected chi connectivity index (χ4v) is 1.15. The molecule has 0 aliphatic carbocycles. The van der Waals surface area contributed by atoms with Crippen LogP contribution in [0.3, 0.4) is 0 Å². The molecule has 13 heavy (non-hydrogen) atoms. The molecule has 0 bridgehead atoms. The maximum absolute atomic E-state index is 9.41. The predicted octanol–water partition coefficient (Wildman–Crippen LogP) is 0.816. The van der Waals surface area contributed by atoms with Crippen molar-refractivity contribution in [3.63, 3.8) is 0 Å². The van der Waals surface area contributed by atoms with Crippen LogP contribution in [0, 0.1) is 0 Å². The van der Waals surface area contributed by atoms with E-state index in [4.69, 9.17) is 11.5 Å². The zero-order chi connectivity index (χ0) is 9.84. The van der Waals surface area contributed by atoms with Gasteiger partial charge >= 0.3 is 0 Å². The molecule has 0 radical (unpaired) electrons. The van der Waals surface area contributed by atoms with Crippen molar-refractivity contribution in [3.05, 3.63) is 42.5 Å². The Kier molecular flexibility index (Phi) is 3.06. The average molecular weight is 178 g/mol. The van der Waals surface area contributed by atoms with E-state index in [9.17, 15) is 5.11 Å². The van der Waals surface area contributed by atoms with Crippen molar-refractivity contribution in [2.24, 2.45) is 5.73 Å². The van der Waals surface area contributed by atoms with Gasteiger partial charge in [0.15, 0.2) is 0 Å². The van der Waals surface area contributed by atoms with Gasteiger partial charge in [-0.1, -0.05) is 24.3 Å². The standard InChI is InChI=1S/C10H14N2O/c1-2-9(13)10(12)7-5-3-4-6-8(7)11/h2-6,9-10,13H,1,11-12H2. The fourth-order valence-electron chi connectivity index (χ4n) is 1.15. The van der Waals surface area contributed by atoms with E-state index in [-0.39, 0.29) is 0 Å². The zero-order valence-corrected chi connectivity index (χ0v) is 7.35. The van der Waals surface area contributed by atoms with Crippen molar-refractivity contribution in [1.29, 1.82) is 0 Å². The average Bonchev–Trinajstić information content (AvgIpc) is 2.16. The summed E-state index contributed by atoms with van der Waals surface area (Å²) in [5.74, 6) is 0. The van der Waals surface area contributed by atoms with Crippen molar-refractivity contribution in [2.45, 2.75) is 12.1 Å². The van der Waals surface area contributed by atoms with Crippen LogP contribution in [0.1, 0.15) is 11.6 Å². The van der Waals surface area contributed by atoms with Crippen LogP contribution >= 0.6 is 0 Å². The quantitative estimate of drug-likeness (QED) is 0.474. The third kappa shape index (κ3) is 2.08. The van der Waals surface area contributed by atoms with E-state index in [0.717, 1.165) is 5.56 Å². The first-order valence-corrected chi connectivity index (χ1v) is 4.07. The number of rotatable bonds is 3. The molecule has 0 aliphatic rings. The van der Waals surface area contributed by atoms with E-state index in [1.807, 2.05) is 12.1 Å². The van der Waals surface area contributed by atoms with Crippen LogP contribution < -0.4 is 11.5 Å². The van der Waals surface area contributed by atoms with E-state index in [2.05, 4.69) is 6.58 Å². The van der Waals surface area contributed by atoms with Gasteiger partial charge in [0, 0.05) is 5.69 Å². The summed E-state index contributed by atoms with van der Waals surface area (Å²) in [4.78, 5) is 0. The molecule has 0 amide bonds. The van der Waals surface area contributed by atoms with Crippen LogP contribution in [0.15, 0.2) is 36.9 Å². The largest absolute Gasteiger partial charge is 0.398 e. The number of hydrogen-bond donors (Lipinski definition) is 3. The van der Waals surface area contributed by atoms with Gasteiger partial charge in [-0.05, 0) is 11.6 Å². The minimum Gasteiger partial charge on any atom is -0.398 e. The Labute approximate surface area is 77.7 Å². The van der Waals surface area contributed by atoms with Gasteiger partial charge in [0.25, 0.3) is 0 Å². The van der Waals surface area contributed by atoms with Gasteiger partial charge < -0.3 is 16.6 Å². The molecule has 1 aromatic rings. The number of anilines is 1. The molecule has 3 heteroatoms. The molecule has 0 aromatic heterocycles. The van der Waals surface area contributed by atoms with Gasteiger partial charge in [-0.3, -0.25) is 0 Å². The van der Waals surface area contributed by atoms with E-state index >= 15 is 0 Å². The number of aliphatic hydroxyl groups excluding tert-OH is 1. The van der Waals surface area contributed by atoms with E-state index < -0.39 is 12.1 Å². The van der Waals surface area contributed by atoms with Gasteiger partial charge in [-0.15, -0.1) is 6.58 Å². The lowest BCUT2D eigenvalue weighted by Gasteiger charge is -2.17. The normalized spacial score (nSPS) is 14.9. The molecule has 70 valence electrons. The molecule has 5 N–H and O–H groups in total. The molecule has 0 aliphatic heterocycles. The monoisotopic (exact) mass is 178 g/mol. The van der Waals surface area contributed by atoms with E-state index in [0.29, 0.717) is 5.69 Å². The summed E-state index contributed by atoms with van der Waals surface area (Å²) >= 11 is 0. The third-order valence-corrected chi connectivity index (χ3v) is 1.96. The lowest BCUT2D eigenvalue weighted by molar-refractivity contribution is 0.193. The molecule has 2 atom stereocenters. The first-order chi connectivity index (χ1) is 6.16. The van der Waals surface area contributed by atoms with Crippen LogP contribution in [0.2, 0.25) is 0 Å². The maximum atomic E-state index is 9.41. The summed E-state index contributed by atoms with van der Waals surface area (Å²) in [7, 11) is 0. The molecule has 0 spiro atoms. The van der Waals surface area contributed by atoms with Crippen molar-refractivity contribution in [2.75, 3.05) is 5.73 Å². The molecule has 0 heterocycles. The van der Waals surface area contributed by atoms with Crippen molar-refractivity contribution < 1.29 is 5.11 Å². The Bertz CT molecular complexity index is 299. The Morgan fingerprint density at radius 3 is 2.54 bits per heavy atom. The number of aliphatic hydroxyl groups is 1. The molecule has 2 unspecified atom stereocenters. The lowest BCUT2D eigenvalue weighted by Crippen LogP contribution is -2.24. The van der Waals surface area contributed by atoms with E-state index in [1.54, 1.807) is 12.1 Å². The summed E-state index contributed by atoms with van der Waals surface area (Å²) in [5, 5.41) is 9.41. The Balaban J connectivity index is 2.94. The predicted molar refractivity (Wildman–Crippen MR) is 54.0 cm³/mol. The first kappa shape index (κ1) is 9.77. The number of benzene rings is 1. The summed E-state index contributed by atoms with van der Waals surface area (Å²) < 4.78 is 0. The van der Waals surface area contributed by atoms with Crippen LogP contribution in [0.25, 0.3) is 0 Å². The van der Waals surface area contributed by atoms with Crippen molar-refractivity contribution >= 4 is 5.69 Å². The van der Waals surface area contributed by atoms with Crippen molar-refractivity contribution in [1.82, 2.24) is 0 Å². The lowest BCUT2D eigenvalue weighted by atomic mass is 10.0. The SMILES string of the molecule is C=CC(O)C(N)c1ccccc1N. The van der Waals surface area contributed by atoms with Gasteiger partial charge in [-0.25, -0.2) is 0 Å².